The van der Waals surface area contributed by atoms with Crippen molar-refractivity contribution in [2.75, 3.05) is 46.8 Å². The van der Waals surface area contributed by atoms with E-state index in [1.807, 2.05) is 4.57 Å². The monoisotopic (exact) mass is 378 g/mol. The molecule has 2 rings (SSSR count). The van der Waals surface area contributed by atoms with E-state index in [0.717, 1.165) is 57.2 Å². The number of hydrogen-bond donors (Lipinski definition) is 2. The first-order valence-corrected chi connectivity index (χ1v) is 9.87. The van der Waals surface area contributed by atoms with Gasteiger partial charge in [0.25, 0.3) is 0 Å². The fraction of sp³-hybridized carbons (Fsp3) is 0.778. The van der Waals surface area contributed by atoms with Crippen LogP contribution in [0, 0.1) is 0 Å². The van der Waals surface area contributed by atoms with Gasteiger partial charge in [0.1, 0.15) is 12.2 Å². The van der Waals surface area contributed by atoms with Crippen LogP contribution >= 0.6 is 0 Å². The van der Waals surface area contributed by atoms with Crippen LogP contribution in [0.1, 0.15) is 32.5 Å². The number of aryl methyl sites for hydroxylation is 1. The standard InChI is InChI=1S/C18H34N8O/c1-5-16-23-21-14-26(16)12-9-20-18(19-6-2)22-15-7-10-25(11-8-15)13-17(27)24(3)4/h14-15H,5-13H2,1-4H3,(H2,19,20,22). The van der Waals surface area contributed by atoms with Crippen molar-refractivity contribution in [2.24, 2.45) is 4.99 Å². The molecule has 1 amide bonds. The zero-order valence-electron chi connectivity index (χ0n) is 17.1. The predicted molar refractivity (Wildman–Crippen MR) is 107 cm³/mol. The van der Waals surface area contributed by atoms with Gasteiger partial charge in [-0.2, -0.15) is 0 Å². The Morgan fingerprint density at radius 1 is 1.33 bits per heavy atom. The van der Waals surface area contributed by atoms with E-state index in [9.17, 15) is 4.79 Å². The topological polar surface area (TPSA) is 90.7 Å². The fourth-order valence-electron chi connectivity index (χ4n) is 3.09. The smallest absolute Gasteiger partial charge is 0.236 e. The number of guanidine groups is 1. The molecule has 1 aliphatic heterocycles. The number of carbonyl (C=O) groups excluding carboxylic acids is 1. The highest BCUT2D eigenvalue weighted by Gasteiger charge is 2.22. The van der Waals surface area contributed by atoms with Gasteiger partial charge in [-0.3, -0.25) is 14.7 Å². The lowest BCUT2D eigenvalue weighted by Gasteiger charge is -2.33. The molecule has 0 atom stereocenters. The van der Waals surface area contributed by atoms with Crippen molar-refractivity contribution in [3.05, 3.63) is 12.2 Å². The van der Waals surface area contributed by atoms with Gasteiger partial charge in [-0.25, -0.2) is 0 Å². The number of likely N-dealkylation sites (tertiary alicyclic amines) is 1. The van der Waals surface area contributed by atoms with Crippen molar-refractivity contribution < 1.29 is 4.79 Å². The van der Waals surface area contributed by atoms with Gasteiger partial charge >= 0.3 is 0 Å². The first-order chi connectivity index (χ1) is 13.0. The Morgan fingerprint density at radius 3 is 2.70 bits per heavy atom. The molecule has 152 valence electrons. The number of aliphatic imine (C=N–C) groups is 1. The Kier molecular flexibility index (Phi) is 8.50. The number of likely N-dealkylation sites (N-methyl/N-ethyl adjacent to an activating group) is 1. The quantitative estimate of drug-likeness (QED) is 0.487. The predicted octanol–water partition coefficient (Wildman–Crippen LogP) is -0.0518. The van der Waals surface area contributed by atoms with Gasteiger partial charge < -0.3 is 20.1 Å². The van der Waals surface area contributed by atoms with Gasteiger partial charge in [0.2, 0.25) is 5.91 Å². The molecule has 1 fully saturated rings. The number of rotatable bonds is 8. The van der Waals surface area contributed by atoms with E-state index in [2.05, 4.69) is 39.6 Å². The average molecular weight is 379 g/mol. The van der Waals surface area contributed by atoms with E-state index in [-0.39, 0.29) is 5.91 Å². The molecular formula is C18H34N8O. The summed E-state index contributed by atoms with van der Waals surface area (Å²) in [7, 11) is 3.61. The molecular weight excluding hydrogens is 344 g/mol. The van der Waals surface area contributed by atoms with Crippen molar-refractivity contribution in [3.63, 3.8) is 0 Å². The van der Waals surface area contributed by atoms with E-state index < -0.39 is 0 Å². The van der Waals surface area contributed by atoms with Crippen molar-refractivity contribution in [3.8, 4) is 0 Å². The molecule has 0 aromatic carbocycles. The minimum absolute atomic E-state index is 0.164. The van der Waals surface area contributed by atoms with Crippen LogP contribution in [0.4, 0.5) is 0 Å². The lowest BCUT2D eigenvalue weighted by molar-refractivity contribution is -0.130. The molecule has 9 nitrogen and oxygen atoms in total. The number of nitrogens with one attached hydrogen (secondary N) is 2. The van der Waals surface area contributed by atoms with Crippen LogP contribution in [-0.4, -0.2) is 89.3 Å². The molecule has 0 bridgehead atoms. The highest BCUT2D eigenvalue weighted by Crippen LogP contribution is 2.10. The molecule has 0 radical (unpaired) electrons. The molecule has 2 N–H and O–H groups in total. The van der Waals surface area contributed by atoms with Crippen molar-refractivity contribution in [1.29, 1.82) is 0 Å². The second-order valence-corrected chi connectivity index (χ2v) is 7.04. The number of carbonyl (C=O) groups is 1. The molecule has 0 aliphatic carbocycles. The third kappa shape index (κ3) is 6.82. The normalized spacial score (nSPS) is 16.4. The Labute approximate surface area is 162 Å². The lowest BCUT2D eigenvalue weighted by atomic mass is 10.1. The fourth-order valence-corrected chi connectivity index (χ4v) is 3.09. The second kappa shape index (κ2) is 10.9. The van der Waals surface area contributed by atoms with Crippen molar-refractivity contribution >= 4 is 11.9 Å². The largest absolute Gasteiger partial charge is 0.357 e. The first kappa shape index (κ1) is 21.1. The minimum Gasteiger partial charge on any atom is -0.357 e. The molecule has 1 aromatic rings. The number of hydrogen-bond acceptors (Lipinski definition) is 5. The van der Waals surface area contributed by atoms with E-state index in [1.54, 1.807) is 25.3 Å². The van der Waals surface area contributed by atoms with Crippen LogP contribution in [0.5, 0.6) is 0 Å². The summed E-state index contributed by atoms with van der Waals surface area (Å²) in [5.41, 5.74) is 0. The average Bonchev–Trinajstić information content (AvgIpc) is 3.11. The Balaban J connectivity index is 1.79. The Hall–Kier alpha value is -2.16. The molecule has 2 heterocycles. The van der Waals surface area contributed by atoms with Crippen LogP contribution in [0.15, 0.2) is 11.3 Å². The van der Waals surface area contributed by atoms with E-state index >= 15 is 0 Å². The molecule has 1 aromatic heterocycles. The summed E-state index contributed by atoms with van der Waals surface area (Å²) in [5.74, 6) is 2.01. The second-order valence-electron chi connectivity index (χ2n) is 7.04. The first-order valence-electron chi connectivity index (χ1n) is 9.87. The number of nitrogens with zero attached hydrogens (tertiary/aromatic N) is 6. The van der Waals surface area contributed by atoms with E-state index in [0.29, 0.717) is 19.1 Å². The van der Waals surface area contributed by atoms with Crippen LogP contribution in [0.3, 0.4) is 0 Å². The Morgan fingerprint density at radius 2 is 2.07 bits per heavy atom. The summed E-state index contributed by atoms with van der Waals surface area (Å²) < 4.78 is 2.05. The van der Waals surface area contributed by atoms with Crippen LogP contribution < -0.4 is 10.6 Å². The maximum absolute atomic E-state index is 11.8. The van der Waals surface area contributed by atoms with Gasteiger partial charge in [0, 0.05) is 52.7 Å². The maximum atomic E-state index is 11.8. The maximum Gasteiger partial charge on any atom is 0.236 e. The van der Waals surface area contributed by atoms with Crippen LogP contribution in [-0.2, 0) is 17.8 Å². The molecule has 1 saturated heterocycles. The summed E-state index contributed by atoms with van der Waals surface area (Å²) >= 11 is 0. The summed E-state index contributed by atoms with van der Waals surface area (Å²) in [6.45, 7) is 8.79. The van der Waals surface area contributed by atoms with E-state index in [4.69, 9.17) is 4.99 Å². The molecule has 0 unspecified atom stereocenters. The third-order valence-corrected chi connectivity index (χ3v) is 4.75. The third-order valence-electron chi connectivity index (χ3n) is 4.75. The number of piperidine rings is 1. The highest BCUT2D eigenvalue weighted by molar-refractivity contribution is 5.80. The van der Waals surface area contributed by atoms with Gasteiger partial charge in [0.05, 0.1) is 13.1 Å². The van der Waals surface area contributed by atoms with Gasteiger partial charge in [-0.1, -0.05) is 6.92 Å². The zero-order chi connectivity index (χ0) is 19.6. The van der Waals surface area contributed by atoms with E-state index in [1.165, 1.54) is 0 Å². The molecule has 0 spiro atoms. The number of aromatic nitrogens is 3. The van der Waals surface area contributed by atoms with Crippen LogP contribution in [0.2, 0.25) is 0 Å². The number of amides is 1. The molecule has 27 heavy (non-hydrogen) atoms. The van der Waals surface area contributed by atoms with Crippen molar-refractivity contribution in [2.45, 2.75) is 45.7 Å². The van der Waals surface area contributed by atoms with Gasteiger partial charge in [-0.15, -0.1) is 10.2 Å². The summed E-state index contributed by atoms with van der Waals surface area (Å²) in [6, 6.07) is 0.384. The lowest BCUT2D eigenvalue weighted by Crippen LogP contribution is -2.50. The van der Waals surface area contributed by atoms with Crippen LogP contribution in [0.25, 0.3) is 0 Å². The molecule has 1 aliphatic rings. The highest BCUT2D eigenvalue weighted by atomic mass is 16.2. The summed E-state index contributed by atoms with van der Waals surface area (Å²) in [5, 5.41) is 14.9. The SMILES string of the molecule is CCNC(=NCCn1cnnc1CC)NC1CCN(CC(=O)N(C)C)CC1. The Bertz CT molecular complexity index is 604. The zero-order valence-corrected chi connectivity index (χ0v) is 17.1. The summed E-state index contributed by atoms with van der Waals surface area (Å²) in [4.78, 5) is 20.4. The van der Waals surface area contributed by atoms with Gasteiger partial charge in [-0.05, 0) is 19.8 Å². The molecule has 0 saturated carbocycles. The minimum atomic E-state index is 0.164. The van der Waals surface area contributed by atoms with Crippen molar-refractivity contribution in [1.82, 2.24) is 35.2 Å². The molecule has 9 heteroatoms. The summed E-state index contributed by atoms with van der Waals surface area (Å²) in [6.07, 6.45) is 4.66. The van der Waals surface area contributed by atoms with Gasteiger partial charge in [0.15, 0.2) is 5.96 Å².